The molecule has 160 valence electrons. The Labute approximate surface area is 190 Å². The molecule has 0 bridgehead atoms. The molecule has 1 aliphatic rings. The number of thiophene rings is 1. The van der Waals surface area contributed by atoms with Gasteiger partial charge in [0.05, 0.1) is 21.7 Å². The predicted octanol–water partition coefficient (Wildman–Crippen LogP) is 4.56. The van der Waals surface area contributed by atoms with Crippen LogP contribution >= 0.6 is 11.3 Å². The summed E-state index contributed by atoms with van der Waals surface area (Å²) >= 11 is 1.20. The maximum atomic E-state index is 14.7. The highest BCUT2D eigenvalue weighted by Gasteiger charge is 2.37. The van der Waals surface area contributed by atoms with Crippen molar-refractivity contribution in [2.45, 2.75) is 5.92 Å². The van der Waals surface area contributed by atoms with Crippen LogP contribution < -0.4 is 21.3 Å². The van der Waals surface area contributed by atoms with Crippen molar-refractivity contribution in [2.24, 2.45) is 5.73 Å². The summed E-state index contributed by atoms with van der Waals surface area (Å²) in [5.74, 6) is -1.73. The van der Waals surface area contributed by atoms with E-state index in [0.717, 1.165) is 5.69 Å². The molecule has 3 heterocycles. The largest absolute Gasteiger partial charge is 0.438 e. The Kier molecular flexibility index (Phi) is 4.82. The third kappa shape index (κ3) is 3.19. The van der Waals surface area contributed by atoms with Crippen molar-refractivity contribution in [3.05, 3.63) is 98.9 Å². The van der Waals surface area contributed by atoms with Gasteiger partial charge in [-0.25, -0.2) is 4.39 Å². The molecular weight excluding hydrogens is 441 g/mol. The van der Waals surface area contributed by atoms with Crippen molar-refractivity contribution in [1.82, 2.24) is 4.98 Å². The average molecular weight is 455 g/mol. The van der Waals surface area contributed by atoms with Crippen LogP contribution in [0, 0.1) is 28.5 Å². The van der Waals surface area contributed by atoms with Crippen molar-refractivity contribution in [3.8, 4) is 17.9 Å². The van der Waals surface area contributed by atoms with E-state index in [9.17, 15) is 19.7 Å². The molecule has 0 spiro atoms. The second kappa shape index (κ2) is 7.83. The van der Waals surface area contributed by atoms with Gasteiger partial charge in [-0.2, -0.15) is 10.5 Å². The lowest BCUT2D eigenvalue weighted by molar-refractivity contribution is 0.396. The Balaban J connectivity index is 1.79. The van der Waals surface area contributed by atoms with Gasteiger partial charge in [0.2, 0.25) is 5.88 Å². The predicted molar refractivity (Wildman–Crippen MR) is 123 cm³/mol. The van der Waals surface area contributed by atoms with Crippen molar-refractivity contribution in [3.63, 3.8) is 0 Å². The van der Waals surface area contributed by atoms with Gasteiger partial charge in [-0.05, 0) is 18.2 Å². The van der Waals surface area contributed by atoms with E-state index in [1.165, 1.54) is 29.5 Å². The van der Waals surface area contributed by atoms with Gasteiger partial charge in [0, 0.05) is 11.3 Å². The number of H-pyrrole nitrogens is 1. The number of benzene rings is 2. The van der Waals surface area contributed by atoms with Crippen LogP contribution in [-0.4, -0.2) is 4.98 Å². The molecule has 0 saturated carbocycles. The Bertz CT molecular complexity index is 1590. The summed E-state index contributed by atoms with van der Waals surface area (Å²) in [5.41, 5.74) is 6.87. The molecule has 0 saturated heterocycles. The number of para-hydroxylation sites is 1. The van der Waals surface area contributed by atoms with Gasteiger partial charge in [0.25, 0.3) is 5.56 Å². The van der Waals surface area contributed by atoms with Gasteiger partial charge < -0.3 is 20.8 Å². The van der Waals surface area contributed by atoms with E-state index in [1.807, 2.05) is 36.4 Å². The highest BCUT2D eigenvalue weighted by Crippen LogP contribution is 2.48. The fraction of sp³-hybridized carbons (Fsp3) is 0.0417. The van der Waals surface area contributed by atoms with Crippen LogP contribution in [0.2, 0.25) is 0 Å². The zero-order chi connectivity index (χ0) is 23.1. The van der Waals surface area contributed by atoms with E-state index in [2.05, 4.69) is 16.4 Å². The Morgan fingerprint density at radius 3 is 2.52 bits per heavy atom. The highest BCUT2D eigenvalue weighted by molar-refractivity contribution is 7.23. The molecule has 1 aliphatic heterocycles. The maximum Gasteiger partial charge on any atom is 0.256 e. The molecule has 0 fully saturated rings. The minimum Gasteiger partial charge on any atom is -0.438 e. The number of nitrogens with two attached hydrogens (primary N) is 1. The standard InChI is InChI=1S/C24H14FN5O2S/c25-16-9-5-4-8-13(16)17-14(10-26)22(28)32-20-18(17)23(31)30-19-15(11-27)24(33-21(19)20)29-12-6-2-1-3-7-12/h1-9,17,29H,28H2,(H,30,31). The molecule has 4 N–H and O–H groups in total. The fourth-order valence-corrected chi connectivity index (χ4v) is 5.04. The minimum atomic E-state index is -1.05. The number of nitrogens with zero attached hydrogens (tertiary/aromatic N) is 2. The van der Waals surface area contributed by atoms with E-state index in [4.69, 9.17) is 10.5 Å². The quantitative estimate of drug-likeness (QED) is 0.415. The van der Waals surface area contributed by atoms with Crippen LogP contribution in [0.4, 0.5) is 15.1 Å². The van der Waals surface area contributed by atoms with Crippen LogP contribution in [0.5, 0.6) is 5.75 Å². The molecule has 1 atom stereocenters. The minimum absolute atomic E-state index is 0.0582. The van der Waals surface area contributed by atoms with E-state index in [1.54, 1.807) is 6.07 Å². The summed E-state index contributed by atoms with van der Waals surface area (Å²) in [7, 11) is 0. The van der Waals surface area contributed by atoms with Gasteiger partial charge in [-0.15, -0.1) is 11.3 Å². The number of halogens is 1. The maximum absolute atomic E-state index is 14.7. The lowest BCUT2D eigenvalue weighted by Crippen LogP contribution is -2.28. The number of fused-ring (bicyclic) bond motifs is 3. The van der Waals surface area contributed by atoms with E-state index < -0.39 is 17.3 Å². The molecule has 0 radical (unpaired) electrons. The second-order valence-electron chi connectivity index (χ2n) is 7.26. The van der Waals surface area contributed by atoms with Crippen LogP contribution in [-0.2, 0) is 0 Å². The smallest absolute Gasteiger partial charge is 0.256 e. The number of aromatic nitrogens is 1. The number of rotatable bonds is 3. The van der Waals surface area contributed by atoms with Crippen molar-refractivity contribution in [2.75, 3.05) is 5.32 Å². The Morgan fingerprint density at radius 2 is 1.82 bits per heavy atom. The number of pyridine rings is 1. The number of nitrogens with one attached hydrogen (secondary N) is 2. The molecule has 0 aliphatic carbocycles. The van der Waals surface area contributed by atoms with Crippen molar-refractivity contribution >= 4 is 32.2 Å². The number of hydrogen-bond acceptors (Lipinski definition) is 7. The van der Waals surface area contributed by atoms with Crippen LogP contribution in [0.3, 0.4) is 0 Å². The molecule has 4 aromatic rings. The van der Waals surface area contributed by atoms with Crippen LogP contribution in [0.15, 0.2) is 70.8 Å². The number of aromatic amines is 1. The third-order valence-electron chi connectivity index (χ3n) is 5.38. The second-order valence-corrected chi connectivity index (χ2v) is 8.28. The van der Waals surface area contributed by atoms with Gasteiger partial charge in [-0.3, -0.25) is 4.79 Å². The molecule has 2 aromatic heterocycles. The average Bonchev–Trinajstić information content (AvgIpc) is 3.16. The topological polar surface area (TPSA) is 128 Å². The van der Waals surface area contributed by atoms with Crippen LogP contribution in [0.25, 0.3) is 10.2 Å². The number of ether oxygens (including phenoxy) is 1. The zero-order valence-corrected chi connectivity index (χ0v) is 17.7. The molecule has 1 unspecified atom stereocenters. The molecule has 0 amide bonds. The molecule has 5 rings (SSSR count). The normalized spacial score (nSPS) is 14.8. The number of allylic oxidation sites excluding steroid dienone is 1. The monoisotopic (exact) mass is 455 g/mol. The lowest BCUT2D eigenvalue weighted by Gasteiger charge is -2.26. The number of hydrogen-bond donors (Lipinski definition) is 3. The van der Waals surface area contributed by atoms with E-state index >= 15 is 0 Å². The number of nitriles is 2. The highest BCUT2D eigenvalue weighted by atomic mass is 32.1. The molecule has 7 nitrogen and oxygen atoms in total. The van der Waals surface area contributed by atoms with Gasteiger partial charge >= 0.3 is 0 Å². The fourth-order valence-electron chi connectivity index (χ4n) is 3.92. The first kappa shape index (κ1) is 20.3. The first-order chi connectivity index (χ1) is 16.0. The summed E-state index contributed by atoms with van der Waals surface area (Å²) in [4.78, 5) is 16.0. The summed E-state index contributed by atoms with van der Waals surface area (Å²) in [6.45, 7) is 0. The van der Waals surface area contributed by atoms with Crippen LogP contribution in [0.1, 0.15) is 22.6 Å². The van der Waals surface area contributed by atoms with Crippen molar-refractivity contribution in [1.29, 1.82) is 10.5 Å². The number of anilines is 2. The Morgan fingerprint density at radius 1 is 1.09 bits per heavy atom. The Hall–Kier alpha value is -4.60. The van der Waals surface area contributed by atoms with Gasteiger partial charge in [-0.1, -0.05) is 36.4 Å². The van der Waals surface area contributed by atoms with Gasteiger partial charge in [0.15, 0.2) is 5.75 Å². The molecular formula is C24H14FN5O2S. The van der Waals surface area contributed by atoms with E-state index in [0.29, 0.717) is 9.70 Å². The third-order valence-corrected chi connectivity index (χ3v) is 6.48. The zero-order valence-electron chi connectivity index (χ0n) is 16.8. The molecule has 9 heteroatoms. The first-order valence-electron chi connectivity index (χ1n) is 9.80. The van der Waals surface area contributed by atoms with Crippen molar-refractivity contribution < 1.29 is 9.13 Å². The first-order valence-corrected chi connectivity index (χ1v) is 10.6. The SMILES string of the molecule is N#CC1=C(N)Oc2c(c(=O)[nH]c3c(C#N)c(Nc4ccccc4)sc23)C1c1ccccc1F. The summed E-state index contributed by atoms with van der Waals surface area (Å²) < 4.78 is 20.9. The molecule has 2 aromatic carbocycles. The molecule has 33 heavy (non-hydrogen) atoms. The summed E-state index contributed by atoms with van der Waals surface area (Å²) in [6, 6.07) is 19.2. The van der Waals surface area contributed by atoms with E-state index in [-0.39, 0.29) is 39.4 Å². The summed E-state index contributed by atoms with van der Waals surface area (Å²) in [6.07, 6.45) is 0. The van der Waals surface area contributed by atoms with Gasteiger partial charge in [0.1, 0.15) is 34.1 Å². The lowest BCUT2D eigenvalue weighted by atomic mass is 9.84. The summed E-state index contributed by atoms with van der Waals surface area (Å²) in [5, 5.41) is 23.2.